The molecule has 2 aromatic rings. The summed E-state index contributed by atoms with van der Waals surface area (Å²) in [5, 5.41) is 16.8. The highest BCUT2D eigenvalue weighted by atomic mass is 32.2. The van der Waals surface area contributed by atoms with Gasteiger partial charge >= 0.3 is 0 Å². The first kappa shape index (κ1) is 22.5. The van der Waals surface area contributed by atoms with Gasteiger partial charge in [0.15, 0.2) is 17.4 Å². The number of aryl methyl sites for hydroxylation is 2. The fourth-order valence-corrected chi connectivity index (χ4v) is 3.72. The van der Waals surface area contributed by atoms with Crippen LogP contribution >= 0.6 is 0 Å². The quantitative estimate of drug-likeness (QED) is 0.609. The van der Waals surface area contributed by atoms with Crippen LogP contribution in [0.25, 0.3) is 0 Å². The van der Waals surface area contributed by atoms with Gasteiger partial charge in [-0.1, -0.05) is 19.9 Å². The third kappa shape index (κ3) is 4.79. The molecule has 9 nitrogen and oxygen atoms in total. The predicted octanol–water partition coefficient (Wildman–Crippen LogP) is 3.09. The minimum atomic E-state index is -1.81. The van der Waals surface area contributed by atoms with Gasteiger partial charge in [-0.3, -0.25) is 4.79 Å². The highest BCUT2D eigenvalue weighted by Gasteiger charge is 2.28. The number of nitrogens with zero attached hydrogens (tertiary/aromatic N) is 3. The van der Waals surface area contributed by atoms with Crippen molar-refractivity contribution in [3.05, 3.63) is 46.9 Å². The van der Waals surface area contributed by atoms with Gasteiger partial charge in [-0.15, -0.1) is 8.80 Å². The molecule has 0 aliphatic carbocycles. The summed E-state index contributed by atoms with van der Waals surface area (Å²) in [6.07, 6.45) is 0. The van der Waals surface area contributed by atoms with E-state index < -0.39 is 11.2 Å². The lowest BCUT2D eigenvalue weighted by atomic mass is 10.0. The Balaban J connectivity index is 1.87. The number of amidine groups is 2. The first-order valence-corrected chi connectivity index (χ1v) is 10.9. The molecule has 0 bridgehead atoms. The van der Waals surface area contributed by atoms with Crippen molar-refractivity contribution in [2.24, 2.45) is 14.7 Å². The number of furan rings is 1. The van der Waals surface area contributed by atoms with E-state index in [-0.39, 0.29) is 46.5 Å². The number of aromatic hydroxyl groups is 1. The molecule has 2 heterocycles. The Bertz CT molecular complexity index is 1070. The van der Waals surface area contributed by atoms with Crippen molar-refractivity contribution in [2.45, 2.75) is 33.7 Å². The number of anilines is 1. The predicted molar refractivity (Wildman–Crippen MR) is 122 cm³/mol. The first-order chi connectivity index (χ1) is 14.6. The Labute approximate surface area is 184 Å². The molecule has 3 N–H and O–H groups in total. The number of rotatable bonds is 5. The van der Waals surface area contributed by atoms with E-state index in [1.165, 1.54) is 11.0 Å². The van der Waals surface area contributed by atoms with Crippen molar-refractivity contribution in [1.29, 1.82) is 0 Å². The van der Waals surface area contributed by atoms with Crippen LogP contribution in [-0.4, -0.2) is 45.9 Å². The van der Waals surface area contributed by atoms with Crippen LogP contribution in [0.1, 0.15) is 47.3 Å². The van der Waals surface area contributed by atoms with E-state index in [1.54, 1.807) is 26.2 Å². The highest BCUT2D eigenvalue weighted by Crippen LogP contribution is 2.30. The SMILES string of the molecule is Cc1cc([C@H](NC2=NS(=O)N=C2Nc2cccc(C(=O)N(C)C)c2O)C(C)C)oc1C. The Morgan fingerprint density at radius 3 is 2.45 bits per heavy atom. The lowest BCUT2D eigenvalue weighted by Gasteiger charge is -2.22. The zero-order valence-corrected chi connectivity index (χ0v) is 19.2. The number of phenols is 1. The second-order valence-electron chi connectivity index (χ2n) is 7.89. The molecule has 2 atom stereocenters. The highest BCUT2D eigenvalue weighted by molar-refractivity contribution is 7.83. The van der Waals surface area contributed by atoms with Gasteiger partial charge in [-0.05, 0) is 43.5 Å². The molecule has 0 saturated carbocycles. The van der Waals surface area contributed by atoms with E-state index in [2.05, 4.69) is 19.4 Å². The summed E-state index contributed by atoms with van der Waals surface area (Å²) in [5.41, 5.74) is 1.44. The minimum Gasteiger partial charge on any atom is -0.505 e. The number of carbonyl (C=O) groups is 1. The summed E-state index contributed by atoms with van der Waals surface area (Å²) in [6, 6.07) is 6.50. The number of benzene rings is 1. The topological polar surface area (TPSA) is 120 Å². The zero-order chi connectivity index (χ0) is 22.9. The van der Waals surface area contributed by atoms with Gasteiger partial charge < -0.3 is 25.1 Å². The summed E-state index contributed by atoms with van der Waals surface area (Å²) < 4.78 is 26.0. The van der Waals surface area contributed by atoms with Crippen LogP contribution in [0.4, 0.5) is 5.69 Å². The molecule has 1 aliphatic rings. The van der Waals surface area contributed by atoms with Crippen molar-refractivity contribution in [3.8, 4) is 5.75 Å². The summed E-state index contributed by atoms with van der Waals surface area (Å²) >= 11 is -1.81. The maximum absolute atomic E-state index is 12.3. The maximum Gasteiger partial charge on any atom is 0.269 e. The number of para-hydroxylation sites is 1. The summed E-state index contributed by atoms with van der Waals surface area (Å²) in [5.74, 6) is 1.63. The van der Waals surface area contributed by atoms with Crippen LogP contribution in [0, 0.1) is 19.8 Å². The van der Waals surface area contributed by atoms with E-state index in [0.717, 1.165) is 17.1 Å². The molecule has 1 unspecified atom stereocenters. The van der Waals surface area contributed by atoms with E-state index in [1.807, 2.05) is 33.8 Å². The standard InChI is InChI=1S/C21H27N5O4S/c1-11(2)17(16-10-12(3)13(4)30-16)23-20-19(24-31(29)25-20)22-15-9-7-8-14(18(15)27)21(28)26(5)6/h7-11,17,27H,1-6H3,(H,22,24)(H,23,25)/t17-,31?/m1/s1. The van der Waals surface area contributed by atoms with E-state index in [9.17, 15) is 14.1 Å². The molecule has 0 spiro atoms. The molecule has 1 amide bonds. The van der Waals surface area contributed by atoms with Gasteiger partial charge in [0.1, 0.15) is 11.5 Å². The molecular weight excluding hydrogens is 418 g/mol. The number of amides is 1. The third-order valence-corrected chi connectivity index (χ3v) is 5.62. The fourth-order valence-electron chi connectivity index (χ4n) is 3.09. The number of phenolic OH excluding ortho intramolecular Hbond substituents is 1. The molecule has 0 saturated heterocycles. The molecule has 10 heteroatoms. The van der Waals surface area contributed by atoms with Crippen LogP contribution in [-0.2, 0) is 11.2 Å². The van der Waals surface area contributed by atoms with Gasteiger partial charge in [-0.25, -0.2) is 4.21 Å². The number of hydrogen-bond donors (Lipinski definition) is 3. The van der Waals surface area contributed by atoms with Gasteiger partial charge in [-0.2, -0.15) is 0 Å². The van der Waals surface area contributed by atoms with E-state index in [4.69, 9.17) is 4.42 Å². The Kier molecular flexibility index (Phi) is 6.49. The Morgan fingerprint density at radius 2 is 1.87 bits per heavy atom. The normalized spacial score (nSPS) is 16.7. The second-order valence-corrected chi connectivity index (χ2v) is 8.72. The fraction of sp³-hybridized carbons (Fsp3) is 0.381. The lowest BCUT2D eigenvalue weighted by Crippen LogP contribution is -2.38. The van der Waals surface area contributed by atoms with E-state index in [0.29, 0.717) is 0 Å². The largest absolute Gasteiger partial charge is 0.505 e. The molecule has 31 heavy (non-hydrogen) atoms. The van der Waals surface area contributed by atoms with Crippen LogP contribution in [0.3, 0.4) is 0 Å². The van der Waals surface area contributed by atoms with Crippen molar-refractivity contribution in [2.75, 3.05) is 19.4 Å². The van der Waals surface area contributed by atoms with Gasteiger partial charge in [0.2, 0.25) is 0 Å². The molecule has 1 aliphatic heterocycles. The summed E-state index contributed by atoms with van der Waals surface area (Å²) in [6.45, 7) is 7.94. The Morgan fingerprint density at radius 1 is 1.19 bits per heavy atom. The number of nitrogens with one attached hydrogen (secondary N) is 2. The monoisotopic (exact) mass is 445 g/mol. The lowest BCUT2D eigenvalue weighted by molar-refractivity contribution is 0.0824. The third-order valence-electron chi connectivity index (χ3n) is 4.94. The van der Waals surface area contributed by atoms with Gasteiger partial charge in [0, 0.05) is 14.1 Å². The van der Waals surface area contributed by atoms with Crippen LogP contribution in [0.2, 0.25) is 0 Å². The average molecular weight is 446 g/mol. The maximum atomic E-state index is 12.3. The average Bonchev–Trinajstić information content (AvgIpc) is 3.21. The molecule has 0 fully saturated rings. The molecule has 166 valence electrons. The molecule has 1 aromatic carbocycles. The molecular formula is C21H27N5O4S. The first-order valence-electron chi connectivity index (χ1n) is 9.82. The molecule has 0 radical (unpaired) electrons. The smallest absolute Gasteiger partial charge is 0.269 e. The van der Waals surface area contributed by atoms with Crippen molar-refractivity contribution in [3.63, 3.8) is 0 Å². The van der Waals surface area contributed by atoms with Gasteiger partial charge in [0.05, 0.1) is 17.3 Å². The number of hydrogen-bond acceptors (Lipinski definition) is 6. The Hall–Kier alpha value is -3.14. The van der Waals surface area contributed by atoms with Crippen LogP contribution < -0.4 is 10.6 Å². The molecule has 1 aromatic heterocycles. The summed E-state index contributed by atoms with van der Waals surface area (Å²) in [7, 11) is 3.20. The van der Waals surface area contributed by atoms with Crippen LogP contribution in [0.5, 0.6) is 5.75 Å². The summed E-state index contributed by atoms with van der Waals surface area (Å²) in [4.78, 5) is 13.7. The van der Waals surface area contributed by atoms with E-state index >= 15 is 0 Å². The minimum absolute atomic E-state index is 0.136. The van der Waals surface area contributed by atoms with Crippen molar-refractivity contribution < 1.29 is 18.5 Å². The van der Waals surface area contributed by atoms with Gasteiger partial charge in [0.25, 0.3) is 17.1 Å². The molecule has 3 rings (SSSR count). The van der Waals surface area contributed by atoms with Crippen molar-refractivity contribution in [1.82, 2.24) is 10.2 Å². The second kappa shape index (κ2) is 8.93. The zero-order valence-electron chi connectivity index (χ0n) is 18.4. The van der Waals surface area contributed by atoms with Crippen LogP contribution in [0.15, 0.2) is 37.5 Å². The van der Waals surface area contributed by atoms with Crippen molar-refractivity contribution >= 4 is 34.4 Å². The number of carbonyl (C=O) groups excluding carboxylic acids is 1.